The van der Waals surface area contributed by atoms with Crippen molar-refractivity contribution in [2.45, 2.75) is 62.1 Å². The van der Waals surface area contributed by atoms with Gasteiger partial charge in [-0.05, 0) is 61.6 Å². The van der Waals surface area contributed by atoms with E-state index in [4.69, 9.17) is 10.5 Å². The molecule has 4 heterocycles. The summed E-state index contributed by atoms with van der Waals surface area (Å²) in [6, 6.07) is 6.16. The number of nitrogens with zero attached hydrogens (tertiary/aromatic N) is 5. The molecule has 3 fully saturated rings. The van der Waals surface area contributed by atoms with Crippen molar-refractivity contribution >= 4 is 43.1 Å². The van der Waals surface area contributed by atoms with Crippen molar-refractivity contribution < 1.29 is 31.8 Å². The van der Waals surface area contributed by atoms with Crippen molar-refractivity contribution in [3.8, 4) is 23.2 Å². The van der Waals surface area contributed by atoms with E-state index in [0.717, 1.165) is 42.9 Å². The highest BCUT2D eigenvalue weighted by Gasteiger charge is 2.49. The third-order valence-electron chi connectivity index (χ3n) is 9.52. The minimum atomic E-state index is -4.84. The van der Waals surface area contributed by atoms with Gasteiger partial charge >= 0.3 is 12.2 Å². The van der Waals surface area contributed by atoms with E-state index in [1.807, 2.05) is 6.07 Å². The molecular formula is C31H29F5N6O2S. The molecule has 1 saturated carbocycles. The molecule has 14 heteroatoms. The standard InChI is InChI=1S/C31H29F5N6O2S/c1-41(16-7-17(43)8-16)28-20-9-22(31(34,35)36)19(18-3-4-23(33)26-25(18)21(12-37)27(38)45-26)10-24(20)39-29(40-28)44-14-30-5-2-6-42(30)13-15(32)11-30/h3-4,9-10,15-17,43H,2,5-8,11,13-14,38H2,1H3/t15-,16?,17?,30+/m1/s1. The number of aliphatic hydroxyl groups is 1. The van der Waals surface area contributed by atoms with E-state index in [2.05, 4.69) is 14.9 Å². The molecule has 0 radical (unpaired) electrons. The number of nitrogen functional groups attached to an aromatic ring is 1. The highest BCUT2D eigenvalue weighted by Crippen LogP contribution is 2.47. The van der Waals surface area contributed by atoms with E-state index in [-0.39, 0.29) is 67.2 Å². The van der Waals surface area contributed by atoms with E-state index in [1.165, 1.54) is 12.1 Å². The Kier molecular flexibility index (Phi) is 7.07. The molecule has 3 aliphatic rings. The topological polar surface area (TPSA) is 112 Å². The molecule has 2 atom stereocenters. The summed E-state index contributed by atoms with van der Waals surface area (Å²) < 4.78 is 79.6. The fraction of sp³-hybridized carbons (Fsp3) is 0.452. The molecule has 2 aromatic carbocycles. The zero-order valence-corrected chi connectivity index (χ0v) is 25.0. The monoisotopic (exact) mass is 644 g/mol. The smallest absolute Gasteiger partial charge is 0.417 e. The molecule has 2 aliphatic heterocycles. The molecule has 3 N–H and O–H groups in total. The number of fused-ring (bicyclic) bond motifs is 3. The number of hydrogen-bond donors (Lipinski definition) is 2. The lowest BCUT2D eigenvalue weighted by atomic mass is 9.88. The van der Waals surface area contributed by atoms with Crippen LogP contribution < -0.4 is 15.4 Å². The van der Waals surface area contributed by atoms with Gasteiger partial charge in [-0.2, -0.15) is 28.4 Å². The van der Waals surface area contributed by atoms with Crippen molar-refractivity contribution in [1.82, 2.24) is 14.9 Å². The van der Waals surface area contributed by atoms with Crippen LogP contribution in [0.1, 0.15) is 43.2 Å². The van der Waals surface area contributed by atoms with Crippen molar-refractivity contribution in [3.63, 3.8) is 0 Å². The first-order valence-electron chi connectivity index (χ1n) is 14.7. The van der Waals surface area contributed by atoms with Crippen molar-refractivity contribution in [1.29, 1.82) is 5.26 Å². The Morgan fingerprint density at radius 3 is 2.73 bits per heavy atom. The number of benzene rings is 2. The average Bonchev–Trinajstić information content (AvgIpc) is 3.62. The van der Waals surface area contributed by atoms with Crippen LogP contribution in [0.15, 0.2) is 24.3 Å². The Labute approximate surface area is 258 Å². The number of aliphatic hydroxyl groups excluding tert-OH is 1. The highest BCUT2D eigenvalue weighted by molar-refractivity contribution is 7.23. The van der Waals surface area contributed by atoms with E-state index < -0.39 is 35.4 Å². The summed E-state index contributed by atoms with van der Waals surface area (Å²) in [5, 5.41) is 19.8. The summed E-state index contributed by atoms with van der Waals surface area (Å²) in [6.45, 7) is 1.21. The van der Waals surface area contributed by atoms with Crippen LogP contribution in [0.4, 0.5) is 32.8 Å². The van der Waals surface area contributed by atoms with E-state index in [1.54, 1.807) is 11.9 Å². The van der Waals surface area contributed by atoms with Gasteiger partial charge in [0.05, 0.1) is 33.0 Å². The van der Waals surface area contributed by atoms with Crippen LogP contribution in [-0.4, -0.2) is 70.6 Å². The van der Waals surface area contributed by atoms with Gasteiger partial charge in [-0.1, -0.05) is 6.07 Å². The number of ether oxygens (including phenoxy) is 1. The number of nitriles is 1. The first kappa shape index (κ1) is 29.9. The lowest BCUT2D eigenvalue weighted by Gasteiger charge is -2.39. The second-order valence-electron chi connectivity index (χ2n) is 12.2. The van der Waals surface area contributed by atoms with Gasteiger partial charge in [0.25, 0.3) is 0 Å². The van der Waals surface area contributed by atoms with Gasteiger partial charge in [-0.15, -0.1) is 11.3 Å². The lowest BCUT2D eigenvalue weighted by molar-refractivity contribution is -0.137. The molecule has 4 aromatic rings. The Balaban J connectivity index is 1.41. The molecule has 0 spiro atoms. The first-order chi connectivity index (χ1) is 21.4. The molecule has 0 unspecified atom stereocenters. The molecule has 8 nitrogen and oxygen atoms in total. The predicted octanol–water partition coefficient (Wildman–Crippen LogP) is 6.04. The Morgan fingerprint density at radius 2 is 2.02 bits per heavy atom. The van der Waals surface area contributed by atoms with Crippen LogP contribution in [0, 0.1) is 17.1 Å². The van der Waals surface area contributed by atoms with Gasteiger partial charge in [-0.25, -0.2) is 8.78 Å². The molecule has 0 amide bonds. The summed E-state index contributed by atoms with van der Waals surface area (Å²) >= 11 is 0.798. The minimum absolute atomic E-state index is 0.000527. The third-order valence-corrected chi connectivity index (χ3v) is 10.5. The number of hydrogen-bond acceptors (Lipinski definition) is 9. The van der Waals surface area contributed by atoms with Crippen molar-refractivity contribution in [2.24, 2.45) is 0 Å². The van der Waals surface area contributed by atoms with Gasteiger partial charge in [0, 0.05) is 36.8 Å². The molecule has 2 aromatic heterocycles. The molecule has 236 valence electrons. The second-order valence-corrected chi connectivity index (χ2v) is 13.3. The third kappa shape index (κ3) is 4.92. The first-order valence-corrected chi connectivity index (χ1v) is 15.5. The average molecular weight is 645 g/mol. The predicted molar refractivity (Wildman–Crippen MR) is 160 cm³/mol. The maximum absolute atomic E-state index is 14.8. The van der Waals surface area contributed by atoms with Crippen molar-refractivity contribution in [3.05, 3.63) is 41.2 Å². The Morgan fingerprint density at radius 1 is 1.24 bits per heavy atom. The van der Waals surface area contributed by atoms with Crippen LogP contribution in [0.25, 0.3) is 32.1 Å². The number of alkyl halides is 4. The largest absolute Gasteiger partial charge is 0.461 e. The quantitative estimate of drug-likeness (QED) is 0.245. The Bertz CT molecular complexity index is 1870. The fourth-order valence-corrected chi connectivity index (χ4v) is 8.10. The summed E-state index contributed by atoms with van der Waals surface area (Å²) in [6.07, 6.45) is -3.53. The number of thiophene rings is 1. The van der Waals surface area contributed by atoms with Gasteiger partial charge in [-0.3, -0.25) is 4.90 Å². The normalized spacial score (nSPS) is 25.0. The maximum Gasteiger partial charge on any atom is 0.417 e. The molecule has 1 aliphatic carbocycles. The number of aromatic nitrogens is 2. The maximum atomic E-state index is 14.8. The lowest BCUT2D eigenvalue weighted by Crippen LogP contribution is -2.46. The zero-order chi connectivity index (χ0) is 31.8. The van der Waals surface area contributed by atoms with Gasteiger partial charge in [0.15, 0.2) is 0 Å². The number of nitrogens with two attached hydrogens (primary N) is 1. The van der Waals surface area contributed by atoms with Crippen LogP contribution in [0.3, 0.4) is 0 Å². The second kappa shape index (κ2) is 10.6. The molecule has 7 rings (SSSR count). The van der Waals surface area contributed by atoms with Crippen LogP contribution >= 0.6 is 11.3 Å². The summed E-state index contributed by atoms with van der Waals surface area (Å²) in [5.41, 5.74) is 4.18. The van der Waals surface area contributed by atoms with Crippen LogP contribution in [0.5, 0.6) is 6.01 Å². The fourth-order valence-electron chi connectivity index (χ4n) is 7.15. The summed E-state index contributed by atoms with van der Waals surface area (Å²) in [4.78, 5) is 12.9. The van der Waals surface area contributed by atoms with Gasteiger partial charge < -0.3 is 20.5 Å². The highest BCUT2D eigenvalue weighted by atomic mass is 32.1. The Hall–Kier alpha value is -3.80. The van der Waals surface area contributed by atoms with E-state index in [0.29, 0.717) is 25.8 Å². The molecule has 2 saturated heterocycles. The van der Waals surface area contributed by atoms with Crippen LogP contribution in [0.2, 0.25) is 0 Å². The van der Waals surface area contributed by atoms with Gasteiger partial charge in [0.1, 0.15) is 35.5 Å². The minimum Gasteiger partial charge on any atom is -0.461 e. The SMILES string of the molecule is CN(c1nc(OC[C@@]23CCCN2C[C@H](F)C3)nc2cc(-c3ccc(F)c4sc(N)c(C#N)c34)c(C(F)(F)F)cc12)C1CC(O)C1. The van der Waals surface area contributed by atoms with Crippen molar-refractivity contribution in [2.75, 3.05) is 37.4 Å². The molecular weight excluding hydrogens is 615 g/mol. The number of halogens is 5. The summed E-state index contributed by atoms with van der Waals surface area (Å²) in [7, 11) is 1.70. The molecule has 0 bridgehead atoms. The zero-order valence-electron chi connectivity index (χ0n) is 24.2. The molecule has 45 heavy (non-hydrogen) atoms. The van der Waals surface area contributed by atoms with E-state index in [9.17, 15) is 32.3 Å². The van der Waals surface area contributed by atoms with Crippen LogP contribution in [-0.2, 0) is 6.18 Å². The van der Waals surface area contributed by atoms with E-state index >= 15 is 0 Å². The number of rotatable bonds is 6. The van der Waals surface area contributed by atoms with Gasteiger partial charge in [0.2, 0.25) is 0 Å². The number of anilines is 2. The summed E-state index contributed by atoms with van der Waals surface area (Å²) in [5.74, 6) is -0.505.